The summed E-state index contributed by atoms with van der Waals surface area (Å²) in [5, 5.41) is 38.5. The summed E-state index contributed by atoms with van der Waals surface area (Å²) in [7, 11) is -1.04. The van der Waals surface area contributed by atoms with Gasteiger partial charge in [0, 0.05) is 12.2 Å². The molecule has 0 amide bonds. The van der Waals surface area contributed by atoms with Crippen molar-refractivity contribution < 1.29 is 38.0 Å². The number of phenolic OH excluding ortho intramolecular Hbond substituents is 2. The van der Waals surface area contributed by atoms with Gasteiger partial charge in [0.25, 0.3) is 0 Å². The summed E-state index contributed by atoms with van der Waals surface area (Å²) < 4.78 is 33.2. The van der Waals surface area contributed by atoms with Crippen molar-refractivity contribution in [1.82, 2.24) is 0 Å². The number of aromatic hydroxyl groups is 2. The Balaban J connectivity index is 1.90. The number of sulfonamides is 1. The standard InChI is InChI=1S/C28H28N2O8S/c1-37-27-15-18(5-13-25(27)33)3-11-23(31)22(17-30-20-7-9-21(10-8-20)39(29,35)36)24(32)12-4-19-6-14-26(34)28(16-19)38-2/h3-16,30-31,33-34H,17H2,1-2H3,(H2,29,35,36)/b11-3+,12-4+,23-22-. The van der Waals surface area contributed by atoms with Gasteiger partial charge in [0.1, 0.15) is 5.76 Å². The van der Waals surface area contributed by atoms with Crippen LogP contribution in [0.4, 0.5) is 5.69 Å². The molecular weight excluding hydrogens is 524 g/mol. The Labute approximate surface area is 226 Å². The number of nitrogens with one attached hydrogen (secondary N) is 1. The van der Waals surface area contributed by atoms with Crippen LogP contribution in [0.3, 0.4) is 0 Å². The van der Waals surface area contributed by atoms with E-state index in [1.807, 2.05) is 0 Å². The first kappa shape index (κ1) is 28.8. The number of carbonyl (C=O) groups is 1. The first-order chi connectivity index (χ1) is 18.5. The molecule has 0 fully saturated rings. The van der Waals surface area contributed by atoms with Crippen molar-refractivity contribution in [2.75, 3.05) is 26.1 Å². The second-order valence-corrected chi connectivity index (χ2v) is 9.74. The predicted molar refractivity (Wildman–Crippen MR) is 148 cm³/mol. The molecule has 0 saturated heterocycles. The number of phenols is 2. The van der Waals surface area contributed by atoms with E-state index in [9.17, 15) is 28.5 Å². The largest absolute Gasteiger partial charge is 0.507 e. The van der Waals surface area contributed by atoms with Crippen LogP contribution in [0.15, 0.2) is 89.0 Å². The maximum absolute atomic E-state index is 13.1. The summed E-state index contributed by atoms with van der Waals surface area (Å²) in [6.45, 7) is -0.105. The molecule has 11 heteroatoms. The van der Waals surface area contributed by atoms with Gasteiger partial charge >= 0.3 is 0 Å². The van der Waals surface area contributed by atoms with Crippen molar-refractivity contribution in [3.05, 3.63) is 95.3 Å². The Morgan fingerprint density at radius 2 is 1.38 bits per heavy atom. The van der Waals surface area contributed by atoms with Crippen LogP contribution in [0.2, 0.25) is 0 Å². The van der Waals surface area contributed by atoms with Gasteiger partial charge in [-0.1, -0.05) is 24.3 Å². The lowest BCUT2D eigenvalue weighted by atomic mass is 10.1. The summed E-state index contributed by atoms with van der Waals surface area (Å²) >= 11 is 0. The average molecular weight is 553 g/mol. The molecule has 3 aromatic carbocycles. The van der Waals surface area contributed by atoms with Crippen LogP contribution in [-0.4, -0.2) is 50.3 Å². The Hall–Kier alpha value is -4.74. The number of anilines is 1. The first-order valence-electron chi connectivity index (χ1n) is 11.4. The molecule has 0 aliphatic carbocycles. The number of aliphatic hydroxyl groups is 1. The van der Waals surface area contributed by atoms with Gasteiger partial charge in [0.2, 0.25) is 10.0 Å². The highest BCUT2D eigenvalue weighted by atomic mass is 32.2. The molecule has 39 heavy (non-hydrogen) atoms. The molecule has 0 aliphatic heterocycles. The van der Waals surface area contributed by atoms with E-state index in [1.165, 1.54) is 68.8 Å². The number of nitrogens with two attached hydrogens (primary N) is 1. The van der Waals surface area contributed by atoms with E-state index in [1.54, 1.807) is 30.3 Å². The molecule has 0 bridgehead atoms. The lowest BCUT2D eigenvalue weighted by molar-refractivity contribution is -0.111. The van der Waals surface area contributed by atoms with Gasteiger partial charge in [-0.15, -0.1) is 0 Å². The zero-order chi connectivity index (χ0) is 28.6. The highest BCUT2D eigenvalue weighted by Gasteiger charge is 2.13. The van der Waals surface area contributed by atoms with Crippen molar-refractivity contribution in [2.24, 2.45) is 5.14 Å². The van der Waals surface area contributed by atoms with Gasteiger partial charge in [-0.2, -0.15) is 0 Å². The number of hydrogen-bond acceptors (Lipinski definition) is 9. The third-order valence-electron chi connectivity index (χ3n) is 5.53. The van der Waals surface area contributed by atoms with E-state index >= 15 is 0 Å². The molecule has 204 valence electrons. The number of ether oxygens (including phenoxy) is 2. The number of primary sulfonamides is 1. The summed E-state index contributed by atoms with van der Waals surface area (Å²) in [5.41, 5.74) is 1.67. The normalized spacial score (nSPS) is 12.4. The fourth-order valence-corrected chi connectivity index (χ4v) is 3.92. The highest BCUT2D eigenvalue weighted by Crippen LogP contribution is 2.28. The number of ketones is 1. The number of methoxy groups -OCH3 is 2. The van der Waals surface area contributed by atoms with Gasteiger partial charge in [-0.25, -0.2) is 13.6 Å². The minimum Gasteiger partial charge on any atom is -0.507 e. The van der Waals surface area contributed by atoms with Crippen molar-refractivity contribution in [3.63, 3.8) is 0 Å². The number of rotatable bonds is 11. The molecule has 0 heterocycles. The fourth-order valence-electron chi connectivity index (χ4n) is 3.40. The van der Waals surface area contributed by atoms with Gasteiger partial charge in [-0.05, 0) is 71.8 Å². The number of benzene rings is 3. The maximum Gasteiger partial charge on any atom is 0.238 e. The van der Waals surface area contributed by atoms with E-state index in [0.29, 0.717) is 16.8 Å². The highest BCUT2D eigenvalue weighted by molar-refractivity contribution is 7.89. The zero-order valence-electron chi connectivity index (χ0n) is 21.2. The zero-order valence-corrected chi connectivity index (χ0v) is 22.0. The summed E-state index contributed by atoms with van der Waals surface area (Å²) in [6.07, 6.45) is 5.65. The Kier molecular flexibility index (Phi) is 9.37. The third kappa shape index (κ3) is 7.87. The van der Waals surface area contributed by atoms with E-state index in [2.05, 4.69) is 5.32 Å². The molecule has 3 aromatic rings. The smallest absolute Gasteiger partial charge is 0.238 e. The van der Waals surface area contributed by atoms with Crippen LogP contribution in [0.5, 0.6) is 23.0 Å². The lowest BCUT2D eigenvalue weighted by Gasteiger charge is -2.10. The van der Waals surface area contributed by atoms with Crippen LogP contribution in [-0.2, 0) is 14.8 Å². The van der Waals surface area contributed by atoms with Crippen LogP contribution in [0.1, 0.15) is 11.1 Å². The van der Waals surface area contributed by atoms with Gasteiger partial charge in [-0.3, -0.25) is 4.79 Å². The Morgan fingerprint density at radius 1 is 0.872 bits per heavy atom. The molecule has 0 aliphatic rings. The quantitative estimate of drug-likeness (QED) is 0.134. The molecule has 0 saturated carbocycles. The minimum atomic E-state index is -3.86. The van der Waals surface area contributed by atoms with Crippen molar-refractivity contribution in [1.29, 1.82) is 0 Å². The molecule has 3 rings (SSSR count). The molecule has 0 radical (unpaired) electrons. The number of aliphatic hydroxyl groups excluding tert-OH is 1. The summed E-state index contributed by atoms with van der Waals surface area (Å²) in [5.74, 6) is -0.449. The molecule has 0 atom stereocenters. The number of hydrogen-bond donors (Lipinski definition) is 5. The van der Waals surface area contributed by atoms with E-state index < -0.39 is 15.8 Å². The van der Waals surface area contributed by atoms with Crippen LogP contribution in [0.25, 0.3) is 12.2 Å². The van der Waals surface area contributed by atoms with E-state index in [0.717, 1.165) is 0 Å². The molecule has 0 aromatic heterocycles. The van der Waals surface area contributed by atoms with Crippen molar-refractivity contribution >= 4 is 33.6 Å². The Morgan fingerprint density at radius 3 is 1.87 bits per heavy atom. The third-order valence-corrected chi connectivity index (χ3v) is 6.46. The second kappa shape index (κ2) is 12.7. The van der Waals surface area contributed by atoms with Gasteiger partial charge < -0.3 is 30.1 Å². The average Bonchev–Trinajstić information content (AvgIpc) is 2.92. The molecule has 6 N–H and O–H groups in total. The Bertz CT molecular complexity index is 1540. The van der Waals surface area contributed by atoms with Gasteiger partial charge in [0.15, 0.2) is 28.8 Å². The van der Waals surface area contributed by atoms with Crippen molar-refractivity contribution in [2.45, 2.75) is 4.90 Å². The topological polar surface area (TPSA) is 168 Å². The van der Waals surface area contributed by atoms with E-state index in [4.69, 9.17) is 14.6 Å². The molecule has 10 nitrogen and oxygen atoms in total. The predicted octanol–water partition coefficient (Wildman–Crippen LogP) is 3.98. The molecule has 0 unspecified atom stereocenters. The number of allylic oxidation sites excluding steroid dienone is 2. The number of carbonyl (C=O) groups excluding carboxylic acids is 1. The van der Waals surface area contributed by atoms with Crippen molar-refractivity contribution in [3.8, 4) is 23.0 Å². The first-order valence-corrected chi connectivity index (χ1v) is 13.0. The second-order valence-electron chi connectivity index (χ2n) is 8.18. The van der Waals surface area contributed by atoms with Crippen LogP contribution >= 0.6 is 0 Å². The van der Waals surface area contributed by atoms with Crippen LogP contribution < -0.4 is 19.9 Å². The summed E-state index contributed by atoms with van der Waals surface area (Å²) in [6, 6.07) is 14.8. The lowest BCUT2D eigenvalue weighted by Crippen LogP contribution is -2.14. The maximum atomic E-state index is 13.1. The fraction of sp³-hybridized carbons (Fsp3) is 0.107. The monoisotopic (exact) mass is 552 g/mol. The molecule has 0 spiro atoms. The van der Waals surface area contributed by atoms with E-state index in [-0.39, 0.29) is 45.8 Å². The van der Waals surface area contributed by atoms with Crippen LogP contribution in [0, 0.1) is 0 Å². The SMILES string of the molecule is COc1cc(/C=C/C(=O)/C(CNc2ccc(S(N)(=O)=O)cc2)=C(O)/C=C/c2ccc(O)c(OC)c2)ccc1O. The summed E-state index contributed by atoms with van der Waals surface area (Å²) in [4.78, 5) is 13.1. The molecular formula is C28H28N2O8S. The minimum absolute atomic E-state index is 0.00881. The van der Waals surface area contributed by atoms with Gasteiger partial charge in [0.05, 0.1) is 24.7 Å².